The lowest BCUT2D eigenvalue weighted by atomic mass is 9.87. The lowest BCUT2D eigenvalue weighted by Crippen LogP contribution is -2.54. The molecule has 2 rings (SSSR count). The second-order valence-corrected chi connectivity index (χ2v) is 6.76. The quantitative estimate of drug-likeness (QED) is 0.850. The van der Waals surface area contributed by atoms with E-state index in [0.29, 0.717) is 18.8 Å². The second kappa shape index (κ2) is 6.52. The fraction of sp³-hybridized carbons (Fsp3) is 0.500. The molecular weight excluding hydrogens is 286 g/mol. The van der Waals surface area contributed by atoms with E-state index in [9.17, 15) is 9.59 Å². The van der Waals surface area contributed by atoms with Crippen molar-refractivity contribution < 1.29 is 14.7 Å². The van der Waals surface area contributed by atoms with E-state index in [0.717, 1.165) is 4.90 Å². The van der Waals surface area contributed by atoms with Crippen molar-refractivity contribution >= 4 is 23.6 Å². The maximum absolute atomic E-state index is 12.1. The average molecular weight is 307 g/mol. The first-order valence-electron chi connectivity index (χ1n) is 7.09. The molecule has 1 unspecified atom stereocenters. The predicted octanol–water partition coefficient (Wildman–Crippen LogP) is 2.57. The zero-order chi connectivity index (χ0) is 15.6. The molecule has 21 heavy (non-hydrogen) atoms. The van der Waals surface area contributed by atoms with Crippen LogP contribution < -0.4 is 0 Å². The maximum atomic E-state index is 12.1. The van der Waals surface area contributed by atoms with Crippen LogP contribution in [0.25, 0.3) is 0 Å². The van der Waals surface area contributed by atoms with E-state index in [-0.39, 0.29) is 17.7 Å². The highest BCUT2D eigenvalue weighted by Crippen LogP contribution is 2.27. The number of benzene rings is 1. The molecule has 0 aromatic heterocycles. The summed E-state index contributed by atoms with van der Waals surface area (Å²) >= 11 is 1.56. The molecular formula is C16H21NO3S. The van der Waals surface area contributed by atoms with Gasteiger partial charge in [-0.2, -0.15) is 0 Å². The molecule has 1 aromatic carbocycles. The number of aliphatic carboxylic acids is 1. The highest BCUT2D eigenvalue weighted by molar-refractivity contribution is 8.00. The number of hydrogen-bond acceptors (Lipinski definition) is 3. The van der Waals surface area contributed by atoms with Crippen molar-refractivity contribution in [1.29, 1.82) is 0 Å². The molecule has 1 atom stereocenters. The number of rotatable bonds is 5. The summed E-state index contributed by atoms with van der Waals surface area (Å²) in [7, 11) is 0. The van der Waals surface area contributed by atoms with Gasteiger partial charge in [0.2, 0.25) is 5.91 Å². The number of thioether (sulfide) groups is 1. The minimum absolute atomic E-state index is 0.0924. The molecule has 0 radical (unpaired) electrons. The molecule has 1 N–H and O–H groups in total. The predicted molar refractivity (Wildman–Crippen MR) is 83.5 cm³/mol. The molecule has 1 saturated heterocycles. The topological polar surface area (TPSA) is 57.6 Å². The second-order valence-electron chi connectivity index (χ2n) is 5.74. The molecule has 1 aliphatic heterocycles. The normalized spacial score (nSPS) is 16.4. The molecule has 0 aliphatic carbocycles. The highest BCUT2D eigenvalue weighted by atomic mass is 32.2. The SMILES string of the molecule is Cc1ccc(C)c(SCC(=O)N2CC(C(C)C(=O)O)C2)c1. The average Bonchev–Trinajstić information content (AvgIpc) is 2.37. The summed E-state index contributed by atoms with van der Waals surface area (Å²) in [6.45, 7) is 6.93. The van der Waals surface area contributed by atoms with Gasteiger partial charge in [-0.1, -0.05) is 24.6 Å². The summed E-state index contributed by atoms with van der Waals surface area (Å²) in [4.78, 5) is 25.9. The Labute approximate surface area is 129 Å². The number of nitrogens with zero attached hydrogens (tertiary/aromatic N) is 1. The van der Waals surface area contributed by atoms with Gasteiger partial charge in [-0.15, -0.1) is 11.8 Å². The third kappa shape index (κ3) is 3.79. The van der Waals surface area contributed by atoms with Crippen LogP contribution in [0.3, 0.4) is 0 Å². The lowest BCUT2D eigenvalue weighted by molar-refractivity contribution is -0.149. The number of likely N-dealkylation sites (tertiary alicyclic amines) is 1. The van der Waals surface area contributed by atoms with Gasteiger partial charge in [0, 0.05) is 23.9 Å². The van der Waals surface area contributed by atoms with E-state index in [1.54, 1.807) is 23.6 Å². The number of hydrogen-bond donors (Lipinski definition) is 1. The molecule has 1 amide bonds. The molecule has 0 bridgehead atoms. The molecule has 4 nitrogen and oxygen atoms in total. The largest absolute Gasteiger partial charge is 0.481 e. The summed E-state index contributed by atoms with van der Waals surface area (Å²) in [6.07, 6.45) is 0. The Morgan fingerprint density at radius 3 is 2.67 bits per heavy atom. The van der Waals surface area contributed by atoms with Crippen LogP contribution in [0.5, 0.6) is 0 Å². The number of aryl methyl sites for hydroxylation is 2. The van der Waals surface area contributed by atoms with E-state index < -0.39 is 5.97 Å². The zero-order valence-electron chi connectivity index (χ0n) is 12.6. The molecule has 0 spiro atoms. The summed E-state index contributed by atoms with van der Waals surface area (Å²) in [5, 5.41) is 8.94. The maximum Gasteiger partial charge on any atom is 0.306 e. The van der Waals surface area contributed by atoms with Crippen LogP contribution in [-0.2, 0) is 9.59 Å². The van der Waals surface area contributed by atoms with Crippen LogP contribution >= 0.6 is 11.8 Å². The highest BCUT2D eigenvalue weighted by Gasteiger charge is 2.36. The van der Waals surface area contributed by atoms with Crippen molar-refractivity contribution in [2.45, 2.75) is 25.7 Å². The standard InChI is InChI=1S/C16H21NO3S/c1-10-4-5-11(2)14(6-10)21-9-15(18)17-7-13(8-17)12(3)16(19)20/h4-6,12-13H,7-9H2,1-3H3,(H,19,20). The molecule has 1 heterocycles. The Kier molecular flexibility index (Phi) is 4.93. The van der Waals surface area contributed by atoms with E-state index in [1.165, 1.54) is 11.1 Å². The third-order valence-electron chi connectivity index (χ3n) is 4.05. The number of carbonyl (C=O) groups excluding carboxylic acids is 1. The first-order chi connectivity index (χ1) is 9.88. The van der Waals surface area contributed by atoms with Crippen LogP contribution in [0, 0.1) is 25.7 Å². The Balaban J connectivity index is 1.82. The number of carboxylic acids is 1. The van der Waals surface area contributed by atoms with Gasteiger partial charge in [-0.05, 0) is 25.5 Å². The fourth-order valence-electron chi connectivity index (χ4n) is 2.33. The van der Waals surface area contributed by atoms with Crippen molar-refractivity contribution in [1.82, 2.24) is 4.90 Å². The van der Waals surface area contributed by atoms with E-state index in [4.69, 9.17) is 5.11 Å². The van der Waals surface area contributed by atoms with Gasteiger partial charge < -0.3 is 10.0 Å². The van der Waals surface area contributed by atoms with Gasteiger partial charge in [-0.3, -0.25) is 9.59 Å². The van der Waals surface area contributed by atoms with Gasteiger partial charge in [0.15, 0.2) is 0 Å². The molecule has 1 aromatic rings. The summed E-state index contributed by atoms with van der Waals surface area (Å²) in [5.74, 6) is -0.553. The van der Waals surface area contributed by atoms with Crippen molar-refractivity contribution in [2.75, 3.05) is 18.8 Å². The van der Waals surface area contributed by atoms with Crippen LogP contribution in [0.1, 0.15) is 18.1 Å². The number of carboxylic acid groups (broad SMARTS) is 1. The Morgan fingerprint density at radius 1 is 1.38 bits per heavy atom. The van der Waals surface area contributed by atoms with Gasteiger partial charge in [-0.25, -0.2) is 0 Å². The van der Waals surface area contributed by atoms with Crippen LogP contribution in [0.4, 0.5) is 0 Å². The monoisotopic (exact) mass is 307 g/mol. The van der Waals surface area contributed by atoms with Gasteiger partial charge in [0.05, 0.1) is 11.7 Å². The van der Waals surface area contributed by atoms with E-state index in [2.05, 4.69) is 18.2 Å². The van der Waals surface area contributed by atoms with Crippen LogP contribution in [0.15, 0.2) is 23.1 Å². The van der Waals surface area contributed by atoms with Gasteiger partial charge in [0.1, 0.15) is 0 Å². The van der Waals surface area contributed by atoms with Crippen molar-refractivity contribution in [2.24, 2.45) is 11.8 Å². The third-order valence-corrected chi connectivity index (χ3v) is 5.20. The minimum Gasteiger partial charge on any atom is -0.481 e. The molecule has 1 aliphatic rings. The smallest absolute Gasteiger partial charge is 0.306 e. The zero-order valence-corrected chi connectivity index (χ0v) is 13.4. The van der Waals surface area contributed by atoms with Crippen molar-refractivity contribution in [3.05, 3.63) is 29.3 Å². The van der Waals surface area contributed by atoms with Crippen LogP contribution in [0.2, 0.25) is 0 Å². The Morgan fingerprint density at radius 2 is 2.05 bits per heavy atom. The van der Waals surface area contributed by atoms with Gasteiger partial charge >= 0.3 is 5.97 Å². The number of carbonyl (C=O) groups is 2. The molecule has 5 heteroatoms. The van der Waals surface area contributed by atoms with E-state index in [1.807, 2.05) is 13.8 Å². The summed E-state index contributed by atoms with van der Waals surface area (Å²) in [5.41, 5.74) is 2.37. The first kappa shape index (κ1) is 15.9. The molecule has 0 saturated carbocycles. The van der Waals surface area contributed by atoms with Gasteiger partial charge in [0.25, 0.3) is 0 Å². The van der Waals surface area contributed by atoms with Crippen LogP contribution in [-0.4, -0.2) is 40.7 Å². The van der Waals surface area contributed by atoms with Crippen molar-refractivity contribution in [3.8, 4) is 0 Å². The number of amides is 1. The van der Waals surface area contributed by atoms with Crippen molar-refractivity contribution in [3.63, 3.8) is 0 Å². The first-order valence-corrected chi connectivity index (χ1v) is 8.07. The Hall–Kier alpha value is -1.49. The minimum atomic E-state index is -0.781. The molecule has 1 fully saturated rings. The molecule has 114 valence electrons. The Bertz CT molecular complexity index is 552. The summed E-state index contributed by atoms with van der Waals surface area (Å²) < 4.78 is 0. The summed E-state index contributed by atoms with van der Waals surface area (Å²) in [6, 6.07) is 6.23. The lowest BCUT2D eigenvalue weighted by Gasteiger charge is -2.41. The van der Waals surface area contributed by atoms with E-state index >= 15 is 0 Å². The fourth-order valence-corrected chi connectivity index (χ4v) is 3.35.